The molecule has 0 spiro atoms. The predicted molar refractivity (Wildman–Crippen MR) is 96.8 cm³/mol. The molecule has 12 heteroatoms. The van der Waals surface area contributed by atoms with E-state index in [-0.39, 0.29) is 47.5 Å². The summed E-state index contributed by atoms with van der Waals surface area (Å²) >= 11 is 6.07. The number of alkyl halides is 3. The van der Waals surface area contributed by atoms with Crippen molar-refractivity contribution in [2.75, 3.05) is 25.1 Å². The Balaban J connectivity index is 1.88. The lowest BCUT2D eigenvalue weighted by molar-refractivity contribution is -0.156. The number of anilines is 1. The van der Waals surface area contributed by atoms with E-state index in [1.807, 2.05) is 0 Å². The van der Waals surface area contributed by atoms with Crippen molar-refractivity contribution in [1.82, 2.24) is 4.90 Å². The van der Waals surface area contributed by atoms with E-state index in [0.717, 1.165) is 23.0 Å². The van der Waals surface area contributed by atoms with Crippen LogP contribution in [0.1, 0.15) is 12.5 Å². The van der Waals surface area contributed by atoms with Crippen LogP contribution in [0.2, 0.25) is 5.02 Å². The van der Waals surface area contributed by atoms with Crippen LogP contribution in [-0.2, 0) is 20.7 Å². The van der Waals surface area contributed by atoms with Crippen LogP contribution >= 0.6 is 11.6 Å². The first-order valence-electron chi connectivity index (χ1n) is 8.71. The van der Waals surface area contributed by atoms with Crippen molar-refractivity contribution in [1.29, 1.82) is 0 Å². The fraction of sp³-hybridized carbons (Fsp3) is 0.389. The van der Waals surface area contributed by atoms with Crippen LogP contribution in [-0.4, -0.2) is 54.7 Å². The molecule has 4 rings (SSSR count). The molecule has 3 aliphatic heterocycles. The van der Waals surface area contributed by atoms with Crippen LogP contribution < -0.4 is 9.64 Å². The van der Waals surface area contributed by atoms with E-state index < -0.39 is 35.2 Å². The summed E-state index contributed by atoms with van der Waals surface area (Å²) in [7, 11) is 1.14. The molecule has 3 aliphatic rings. The number of fused-ring (bicyclic) bond motifs is 2. The maximum absolute atomic E-state index is 15.0. The van der Waals surface area contributed by atoms with Crippen LogP contribution in [0.25, 0.3) is 0 Å². The van der Waals surface area contributed by atoms with Crippen LogP contribution in [0.3, 0.4) is 0 Å². The molecule has 160 valence electrons. The predicted octanol–water partition coefficient (Wildman–Crippen LogP) is 2.81. The summed E-state index contributed by atoms with van der Waals surface area (Å²) in [5.41, 5.74) is -3.04. The molecule has 0 N–H and O–H groups in total. The minimum atomic E-state index is -4.79. The number of carbonyl (C=O) groups excluding carboxylic acids is 2. The number of nitrogens with zero attached hydrogens (tertiary/aromatic N) is 3. The van der Waals surface area contributed by atoms with Gasteiger partial charge in [0.2, 0.25) is 11.6 Å². The fourth-order valence-corrected chi connectivity index (χ4v) is 3.99. The van der Waals surface area contributed by atoms with Crippen molar-refractivity contribution >= 4 is 35.1 Å². The summed E-state index contributed by atoms with van der Waals surface area (Å²) in [6.07, 6.45) is -4.62. The number of methoxy groups -OCH3 is 1. The van der Waals surface area contributed by atoms with E-state index in [1.54, 1.807) is 0 Å². The average molecular weight is 448 g/mol. The van der Waals surface area contributed by atoms with Gasteiger partial charge < -0.3 is 14.4 Å². The number of benzene rings is 1. The second-order valence-corrected chi connectivity index (χ2v) is 7.44. The van der Waals surface area contributed by atoms with Crippen molar-refractivity contribution in [3.8, 4) is 5.75 Å². The molecule has 3 heterocycles. The first-order chi connectivity index (χ1) is 14.0. The molecule has 1 amide bonds. The second kappa shape index (κ2) is 6.59. The van der Waals surface area contributed by atoms with Gasteiger partial charge in [-0.05, 0) is 13.0 Å². The number of hydrogen-bond donors (Lipinski definition) is 0. The van der Waals surface area contributed by atoms with E-state index in [0.29, 0.717) is 6.08 Å². The van der Waals surface area contributed by atoms with Gasteiger partial charge in [0, 0.05) is 24.6 Å². The molecule has 0 saturated carbocycles. The van der Waals surface area contributed by atoms with E-state index in [9.17, 15) is 22.8 Å². The normalized spacial score (nSPS) is 23.0. The Morgan fingerprint density at radius 3 is 2.73 bits per heavy atom. The zero-order chi connectivity index (χ0) is 22.0. The summed E-state index contributed by atoms with van der Waals surface area (Å²) in [5.74, 6) is -3.27. The first-order valence-corrected chi connectivity index (χ1v) is 9.09. The lowest BCUT2D eigenvalue weighted by Gasteiger charge is -2.35. The van der Waals surface area contributed by atoms with E-state index in [2.05, 4.69) is 4.99 Å². The largest absolute Gasteiger partial charge is 0.474 e. The maximum atomic E-state index is 15.0. The number of rotatable bonds is 2. The highest BCUT2D eigenvalue weighted by atomic mass is 35.5. The van der Waals surface area contributed by atoms with Crippen molar-refractivity contribution in [3.05, 3.63) is 34.2 Å². The lowest BCUT2D eigenvalue weighted by atomic mass is 9.97. The van der Waals surface area contributed by atoms with E-state index in [1.165, 1.54) is 6.92 Å². The minimum absolute atomic E-state index is 0.0136. The van der Waals surface area contributed by atoms with Crippen molar-refractivity contribution in [2.24, 2.45) is 4.99 Å². The van der Waals surface area contributed by atoms with Gasteiger partial charge in [0.25, 0.3) is 5.91 Å². The third kappa shape index (κ3) is 2.91. The first kappa shape index (κ1) is 20.5. The zero-order valence-electron chi connectivity index (χ0n) is 15.6. The Bertz CT molecular complexity index is 1040. The van der Waals surface area contributed by atoms with Gasteiger partial charge in [-0.2, -0.15) is 13.2 Å². The summed E-state index contributed by atoms with van der Waals surface area (Å²) < 4.78 is 65.5. The van der Waals surface area contributed by atoms with Crippen LogP contribution in [0.4, 0.5) is 23.2 Å². The van der Waals surface area contributed by atoms with Gasteiger partial charge in [-0.3, -0.25) is 9.79 Å². The molecule has 0 aromatic heterocycles. The molecule has 0 bridgehead atoms. The number of halogens is 5. The van der Waals surface area contributed by atoms with Crippen LogP contribution in [0.15, 0.2) is 22.8 Å². The monoisotopic (exact) mass is 447 g/mol. The molecule has 7 nitrogen and oxygen atoms in total. The Kier molecular flexibility index (Phi) is 4.49. The molecule has 0 fully saturated rings. The number of guanidine groups is 1. The highest BCUT2D eigenvalue weighted by molar-refractivity contribution is 6.33. The van der Waals surface area contributed by atoms with E-state index >= 15 is 4.39 Å². The molecule has 30 heavy (non-hydrogen) atoms. The van der Waals surface area contributed by atoms with Crippen molar-refractivity contribution < 1.29 is 36.6 Å². The summed E-state index contributed by atoms with van der Waals surface area (Å²) in [4.78, 5) is 30.4. The Labute approximate surface area is 172 Å². The number of aliphatic imine (C=N–C) groups is 1. The number of amides is 1. The van der Waals surface area contributed by atoms with Gasteiger partial charge in [-0.25, -0.2) is 14.1 Å². The van der Waals surface area contributed by atoms with Gasteiger partial charge in [-0.15, -0.1) is 0 Å². The molecule has 1 unspecified atom stereocenters. The SMILES string of the molecule is COC(=O)C1(C)Cc2c(c(Cl)cc(F)c2N2C(=O)C=C(C(F)(F)F)N3CCN=C32)O1. The number of allylic oxidation sites excluding steroid dienone is 1. The molecular formula is C18H14ClF4N3O4. The average Bonchev–Trinajstić information content (AvgIpc) is 3.26. The third-order valence-electron chi connectivity index (χ3n) is 5.02. The molecule has 0 aliphatic carbocycles. The van der Waals surface area contributed by atoms with Gasteiger partial charge in [0.1, 0.15) is 17.3 Å². The quantitative estimate of drug-likeness (QED) is 0.515. The number of esters is 1. The van der Waals surface area contributed by atoms with Crippen LogP contribution in [0.5, 0.6) is 5.75 Å². The molecule has 0 saturated heterocycles. The zero-order valence-corrected chi connectivity index (χ0v) is 16.4. The van der Waals surface area contributed by atoms with Gasteiger partial charge in [0.15, 0.2) is 0 Å². The third-order valence-corrected chi connectivity index (χ3v) is 5.30. The minimum Gasteiger partial charge on any atom is -0.474 e. The fourth-order valence-electron chi connectivity index (χ4n) is 3.74. The summed E-state index contributed by atoms with van der Waals surface area (Å²) in [5, 5.41) is -0.153. The van der Waals surface area contributed by atoms with Gasteiger partial charge in [-0.1, -0.05) is 11.6 Å². The standard InChI is InChI=1S/C18H14ClF4N3O4/c1-17(15(28)29-2)7-8-13(10(20)5-9(19)14(8)30-17)26-12(27)6-11(18(21,22)23)25-4-3-24-16(25)26/h5-6H,3-4,7H2,1-2H3. The molecule has 1 aromatic carbocycles. The Morgan fingerprint density at radius 2 is 2.10 bits per heavy atom. The number of hydrogen-bond acceptors (Lipinski definition) is 6. The molecular weight excluding hydrogens is 434 g/mol. The lowest BCUT2D eigenvalue weighted by Crippen LogP contribution is -2.51. The molecule has 1 aromatic rings. The van der Waals surface area contributed by atoms with Crippen molar-refractivity contribution in [3.63, 3.8) is 0 Å². The van der Waals surface area contributed by atoms with E-state index in [4.69, 9.17) is 21.1 Å². The highest BCUT2D eigenvalue weighted by Crippen LogP contribution is 2.48. The maximum Gasteiger partial charge on any atom is 0.431 e. The van der Waals surface area contributed by atoms with Gasteiger partial charge in [0.05, 0.1) is 24.4 Å². The van der Waals surface area contributed by atoms with Crippen molar-refractivity contribution in [2.45, 2.75) is 25.1 Å². The summed E-state index contributed by atoms with van der Waals surface area (Å²) in [6.45, 7) is 1.26. The van der Waals surface area contributed by atoms with Gasteiger partial charge >= 0.3 is 12.1 Å². The second-order valence-electron chi connectivity index (χ2n) is 7.03. The summed E-state index contributed by atoms with van der Waals surface area (Å²) in [6, 6.07) is 0.870. The molecule has 0 radical (unpaired) electrons. The topological polar surface area (TPSA) is 71.4 Å². The number of ether oxygens (including phenoxy) is 2. The Morgan fingerprint density at radius 1 is 1.40 bits per heavy atom. The van der Waals surface area contributed by atoms with Crippen LogP contribution in [0, 0.1) is 5.82 Å². The Hall–Kier alpha value is -2.82. The smallest absolute Gasteiger partial charge is 0.431 e. The number of carbonyl (C=O) groups is 2. The highest BCUT2D eigenvalue weighted by Gasteiger charge is 2.50. The molecule has 1 atom stereocenters.